The van der Waals surface area contributed by atoms with Gasteiger partial charge in [-0.3, -0.25) is 0 Å². The van der Waals surface area contributed by atoms with Gasteiger partial charge in [0.25, 0.3) is 0 Å². The summed E-state index contributed by atoms with van der Waals surface area (Å²) in [7, 11) is 1.62. The van der Waals surface area contributed by atoms with Gasteiger partial charge in [0.15, 0.2) is 0 Å². The van der Waals surface area contributed by atoms with Gasteiger partial charge in [0.05, 0.1) is 18.5 Å². The number of H-pyrrole nitrogens is 1. The van der Waals surface area contributed by atoms with Crippen LogP contribution in [-0.4, -0.2) is 22.1 Å². The molecule has 106 valence electrons. The van der Waals surface area contributed by atoms with Gasteiger partial charge in [0, 0.05) is 28.5 Å². The predicted octanol–water partition coefficient (Wildman–Crippen LogP) is 3.38. The number of halogens is 1. The molecule has 0 unspecified atom stereocenters. The first-order valence-corrected chi connectivity index (χ1v) is 6.67. The Balaban J connectivity index is 2.18. The summed E-state index contributed by atoms with van der Waals surface area (Å²) in [6.07, 6.45) is 3.47. The van der Waals surface area contributed by atoms with Gasteiger partial charge in [-0.25, -0.2) is 9.97 Å². The zero-order valence-corrected chi connectivity index (χ0v) is 12.1. The van der Waals surface area contributed by atoms with Crippen LogP contribution in [0.25, 0.3) is 22.5 Å². The van der Waals surface area contributed by atoms with Crippen LogP contribution in [0.3, 0.4) is 0 Å². The molecule has 0 fully saturated rings. The van der Waals surface area contributed by atoms with Crippen LogP contribution in [0.5, 0.6) is 5.75 Å². The van der Waals surface area contributed by atoms with Crippen molar-refractivity contribution in [2.45, 2.75) is 0 Å². The molecule has 0 radical (unpaired) electrons. The smallest absolute Gasteiger partial charge is 0.220 e. The molecule has 0 saturated carbocycles. The molecule has 2 aromatic heterocycles. The molecule has 0 aliphatic carbocycles. The van der Waals surface area contributed by atoms with E-state index in [2.05, 4.69) is 15.0 Å². The first-order chi connectivity index (χ1) is 10.2. The lowest BCUT2D eigenvalue weighted by Gasteiger charge is -2.10. The van der Waals surface area contributed by atoms with E-state index in [1.807, 2.05) is 24.4 Å². The topological polar surface area (TPSA) is 76.8 Å². The average molecular weight is 301 g/mol. The molecule has 3 rings (SSSR count). The quantitative estimate of drug-likeness (QED) is 0.777. The largest absolute Gasteiger partial charge is 0.496 e. The Labute approximate surface area is 126 Å². The second kappa shape index (κ2) is 5.46. The van der Waals surface area contributed by atoms with Crippen molar-refractivity contribution in [3.63, 3.8) is 0 Å². The number of nitrogen functional groups attached to an aromatic ring is 1. The minimum Gasteiger partial charge on any atom is -0.496 e. The number of methoxy groups -OCH3 is 1. The molecule has 3 N–H and O–H groups in total. The Kier molecular flexibility index (Phi) is 3.50. The highest BCUT2D eigenvalue weighted by molar-refractivity contribution is 6.31. The van der Waals surface area contributed by atoms with Gasteiger partial charge in [-0.1, -0.05) is 11.6 Å². The molecule has 5 nitrogen and oxygen atoms in total. The lowest BCUT2D eigenvalue weighted by atomic mass is 10.0. The second-order valence-electron chi connectivity index (χ2n) is 4.41. The van der Waals surface area contributed by atoms with Gasteiger partial charge in [0.2, 0.25) is 5.95 Å². The van der Waals surface area contributed by atoms with E-state index in [-0.39, 0.29) is 5.95 Å². The fourth-order valence-electron chi connectivity index (χ4n) is 2.21. The van der Waals surface area contributed by atoms with Crippen molar-refractivity contribution in [2.75, 3.05) is 12.8 Å². The number of anilines is 1. The monoisotopic (exact) mass is 300 g/mol. The number of hydrogen-bond acceptors (Lipinski definition) is 4. The molecule has 0 aliphatic heterocycles. The second-order valence-corrected chi connectivity index (χ2v) is 4.85. The van der Waals surface area contributed by atoms with E-state index >= 15 is 0 Å². The highest BCUT2D eigenvalue weighted by atomic mass is 35.5. The van der Waals surface area contributed by atoms with E-state index in [9.17, 15) is 0 Å². The minimum absolute atomic E-state index is 0.234. The maximum Gasteiger partial charge on any atom is 0.220 e. The molecular formula is C15H13ClN4O. The number of rotatable bonds is 3. The fraction of sp³-hybridized carbons (Fsp3) is 0.0667. The summed E-state index contributed by atoms with van der Waals surface area (Å²) in [6.45, 7) is 0. The fourth-order valence-corrected chi connectivity index (χ4v) is 2.38. The number of aromatic nitrogens is 3. The Morgan fingerprint density at radius 1 is 1.19 bits per heavy atom. The van der Waals surface area contributed by atoms with Gasteiger partial charge in [0.1, 0.15) is 5.75 Å². The van der Waals surface area contributed by atoms with Crippen LogP contribution < -0.4 is 10.5 Å². The van der Waals surface area contributed by atoms with Crippen molar-refractivity contribution < 1.29 is 4.74 Å². The standard InChI is InChI=1S/C15H13ClN4O/c1-21-13-3-2-9(16)8-11(13)14-10(4-6-18-14)12-5-7-19-15(17)20-12/h2-8,18H,1H3,(H2,17,19,20). The molecule has 3 aromatic rings. The molecular weight excluding hydrogens is 288 g/mol. The normalized spacial score (nSPS) is 10.6. The summed E-state index contributed by atoms with van der Waals surface area (Å²) in [5.74, 6) is 0.961. The van der Waals surface area contributed by atoms with Crippen LogP contribution in [0.2, 0.25) is 5.02 Å². The molecule has 1 aromatic carbocycles. The highest BCUT2D eigenvalue weighted by Crippen LogP contribution is 2.37. The van der Waals surface area contributed by atoms with Crippen LogP contribution in [-0.2, 0) is 0 Å². The molecule has 2 heterocycles. The summed E-state index contributed by atoms with van der Waals surface area (Å²) in [6, 6.07) is 9.20. The van der Waals surface area contributed by atoms with Crippen molar-refractivity contribution in [3.05, 3.63) is 47.7 Å². The van der Waals surface area contributed by atoms with E-state index in [4.69, 9.17) is 22.1 Å². The number of nitrogens with one attached hydrogen (secondary N) is 1. The number of nitrogens with zero attached hydrogens (tertiary/aromatic N) is 2. The minimum atomic E-state index is 0.234. The van der Waals surface area contributed by atoms with Crippen molar-refractivity contribution in [1.29, 1.82) is 0 Å². The number of hydrogen-bond donors (Lipinski definition) is 2. The summed E-state index contributed by atoms with van der Waals surface area (Å²) in [4.78, 5) is 11.4. The van der Waals surface area contributed by atoms with E-state index in [1.165, 1.54) is 0 Å². The van der Waals surface area contributed by atoms with Crippen LogP contribution in [0.15, 0.2) is 42.7 Å². The summed E-state index contributed by atoms with van der Waals surface area (Å²) in [5, 5.41) is 0.633. The van der Waals surface area contributed by atoms with Crippen molar-refractivity contribution in [1.82, 2.24) is 15.0 Å². The van der Waals surface area contributed by atoms with E-state index in [0.29, 0.717) is 5.02 Å². The van der Waals surface area contributed by atoms with Crippen LogP contribution in [0, 0.1) is 0 Å². The maximum atomic E-state index is 6.10. The predicted molar refractivity (Wildman–Crippen MR) is 83.2 cm³/mol. The van der Waals surface area contributed by atoms with Crippen molar-refractivity contribution in [3.8, 4) is 28.3 Å². The van der Waals surface area contributed by atoms with Crippen LogP contribution in [0.1, 0.15) is 0 Å². The zero-order valence-electron chi connectivity index (χ0n) is 11.3. The van der Waals surface area contributed by atoms with Gasteiger partial charge >= 0.3 is 0 Å². The third-order valence-corrected chi connectivity index (χ3v) is 3.36. The number of nitrogens with two attached hydrogens (primary N) is 1. The first kappa shape index (κ1) is 13.5. The SMILES string of the molecule is COc1ccc(Cl)cc1-c1[nH]ccc1-c1ccnc(N)n1. The van der Waals surface area contributed by atoms with Crippen molar-refractivity contribution >= 4 is 17.5 Å². The Morgan fingerprint density at radius 2 is 2.05 bits per heavy atom. The number of ether oxygens (including phenoxy) is 1. The Bertz CT molecular complexity index is 785. The highest BCUT2D eigenvalue weighted by Gasteiger charge is 2.14. The van der Waals surface area contributed by atoms with Gasteiger partial charge < -0.3 is 15.5 Å². The van der Waals surface area contributed by atoms with Gasteiger partial charge in [-0.15, -0.1) is 0 Å². The van der Waals surface area contributed by atoms with E-state index in [1.54, 1.807) is 25.4 Å². The number of aromatic amines is 1. The molecule has 0 saturated heterocycles. The lowest BCUT2D eigenvalue weighted by molar-refractivity contribution is 0.416. The zero-order chi connectivity index (χ0) is 14.8. The van der Waals surface area contributed by atoms with Crippen LogP contribution >= 0.6 is 11.6 Å². The average Bonchev–Trinajstić information content (AvgIpc) is 2.96. The third-order valence-electron chi connectivity index (χ3n) is 3.13. The first-order valence-electron chi connectivity index (χ1n) is 6.29. The molecule has 6 heteroatoms. The summed E-state index contributed by atoms with van der Waals surface area (Å²) in [5.41, 5.74) is 9.03. The molecule has 0 amide bonds. The van der Waals surface area contributed by atoms with Gasteiger partial charge in [-0.05, 0) is 30.3 Å². The molecule has 0 atom stereocenters. The molecule has 0 bridgehead atoms. The summed E-state index contributed by atoms with van der Waals surface area (Å²) < 4.78 is 5.40. The van der Waals surface area contributed by atoms with Crippen molar-refractivity contribution in [2.24, 2.45) is 0 Å². The Morgan fingerprint density at radius 3 is 2.81 bits per heavy atom. The van der Waals surface area contributed by atoms with E-state index in [0.717, 1.165) is 28.3 Å². The molecule has 0 spiro atoms. The number of benzene rings is 1. The van der Waals surface area contributed by atoms with Crippen LogP contribution in [0.4, 0.5) is 5.95 Å². The molecule has 21 heavy (non-hydrogen) atoms. The molecule has 0 aliphatic rings. The summed E-state index contributed by atoms with van der Waals surface area (Å²) >= 11 is 6.10. The maximum absolute atomic E-state index is 6.10. The van der Waals surface area contributed by atoms with Gasteiger partial charge in [-0.2, -0.15) is 0 Å². The van der Waals surface area contributed by atoms with E-state index < -0.39 is 0 Å². The third kappa shape index (κ3) is 2.55. The lowest BCUT2D eigenvalue weighted by Crippen LogP contribution is -1.96. The Hall–Kier alpha value is -2.53.